The van der Waals surface area contributed by atoms with Gasteiger partial charge in [-0.15, -0.1) is 0 Å². The summed E-state index contributed by atoms with van der Waals surface area (Å²) in [7, 11) is 0. The second kappa shape index (κ2) is 12.5. The summed E-state index contributed by atoms with van der Waals surface area (Å²) in [5, 5.41) is 3.13. The van der Waals surface area contributed by atoms with E-state index in [9.17, 15) is 9.18 Å². The lowest BCUT2D eigenvalue weighted by molar-refractivity contribution is -0.125. The van der Waals surface area contributed by atoms with E-state index in [4.69, 9.17) is 0 Å². The van der Waals surface area contributed by atoms with E-state index in [1.54, 1.807) is 24.5 Å². The standard InChI is InChI=1S/C25H36FN5O/c1-3-13-30(14-4-2)15-5-12-27-24(32)21-10-16-31(17-11-21)25-28-18-22(19-29-25)20-6-8-23(26)9-7-20/h6-9,18-19,21H,3-5,10-17H2,1-2H3,(H,27,32). The number of aromatic nitrogens is 2. The molecule has 1 aliphatic heterocycles. The van der Waals surface area contributed by atoms with E-state index >= 15 is 0 Å². The molecule has 1 aromatic carbocycles. The summed E-state index contributed by atoms with van der Waals surface area (Å²) in [6.45, 7) is 10.0. The van der Waals surface area contributed by atoms with Crippen molar-refractivity contribution in [2.45, 2.75) is 46.0 Å². The number of hydrogen-bond acceptors (Lipinski definition) is 5. The highest BCUT2D eigenvalue weighted by Crippen LogP contribution is 2.23. The Bertz CT molecular complexity index is 813. The number of halogens is 1. The Kier molecular flexibility index (Phi) is 9.41. The molecule has 1 aliphatic rings. The quantitative estimate of drug-likeness (QED) is 0.532. The fourth-order valence-corrected chi connectivity index (χ4v) is 4.24. The number of carbonyl (C=O) groups is 1. The molecule has 0 spiro atoms. The average molecular weight is 442 g/mol. The molecule has 0 saturated carbocycles. The van der Waals surface area contributed by atoms with Gasteiger partial charge in [0.2, 0.25) is 11.9 Å². The molecule has 3 rings (SSSR count). The fourth-order valence-electron chi connectivity index (χ4n) is 4.24. The minimum absolute atomic E-state index is 0.0622. The second-order valence-electron chi connectivity index (χ2n) is 8.53. The topological polar surface area (TPSA) is 61.4 Å². The molecule has 6 nitrogen and oxygen atoms in total. The van der Waals surface area contributed by atoms with Crippen LogP contribution in [-0.2, 0) is 4.79 Å². The van der Waals surface area contributed by atoms with Gasteiger partial charge in [0.25, 0.3) is 0 Å². The molecular formula is C25H36FN5O. The first-order chi connectivity index (χ1) is 15.6. The van der Waals surface area contributed by atoms with Crippen molar-refractivity contribution in [1.29, 1.82) is 0 Å². The molecule has 0 atom stereocenters. The molecule has 1 N–H and O–H groups in total. The van der Waals surface area contributed by atoms with Crippen molar-refractivity contribution >= 4 is 11.9 Å². The molecule has 1 saturated heterocycles. The van der Waals surface area contributed by atoms with Crippen LogP contribution in [0.25, 0.3) is 11.1 Å². The van der Waals surface area contributed by atoms with Crippen LogP contribution in [0.2, 0.25) is 0 Å². The van der Waals surface area contributed by atoms with Gasteiger partial charge in [0.1, 0.15) is 5.82 Å². The van der Waals surface area contributed by atoms with Crippen molar-refractivity contribution in [3.63, 3.8) is 0 Å². The molecule has 32 heavy (non-hydrogen) atoms. The third-order valence-electron chi connectivity index (χ3n) is 5.99. The minimum Gasteiger partial charge on any atom is -0.356 e. The zero-order chi connectivity index (χ0) is 22.8. The summed E-state index contributed by atoms with van der Waals surface area (Å²) in [6, 6.07) is 6.32. The average Bonchev–Trinajstić information content (AvgIpc) is 2.83. The minimum atomic E-state index is -0.256. The molecule has 174 valence electrons. The normalized spacial score (nSPS) is 14.7. The summed E-state index contributed by atoms with van der Waals surface area (Å²) >= 11 is 0. The number of anilines is 1. The highest BCUT2D eigenvalue weighted by atomic mass is 19.1. The number of benzene rings is 1. The summed E-state index contributed by atoms with van der Waals surface area (Å²) in [4.78, 5) is 26.2. The van der Waals surface area contributed by atoms with Crippen LogP contribution in [0.4, 0.5) is 10.3 Å². The Labute approximate surface area is 191 Å². The highest BCUT2D eigenvalue weighted by molar-refractivity contribution is 5.78. The summed E-state index contributed by atoms with van der Waals surface area (Å²) < 4.78 is 13.1. The van der Waals surface area contributed by atoms with Gasteiger partial charge in [0, 0.05) is 43.5 Å². The predicted molar refractivity (Wildman–Crippen MR) is 127 cm³/mol. The molecule has 0 unspecified atom stereocenters. The van der Waals surface area contributed by atoms with Crippen LogP contribution in [0.15, 0.2) is 36.7 Å². The number of amides is 1. The van der Waals surface area contributed by atoms with Gasteiger partial charge in [-0.3, -0.25) is 4.79 Å². The van der Waals surface area contributed by atoms with Gasteiger partial charge >= 0.3 is 0 Å². The van der Waals surface area contributed by atoms with Gasteiger partial charge in [-0.1, -0.05) is 26.0 Å². The Morgan fingerprint density at radius 2 is 1.66 bits per heavy atom. The molecule has 1 aromatic heterocycles. The summed E-state index contributed by atoms with van der Waals surface area (Å²) in [5.74, 6) is 0.664. The second-order valence-corrected chi connectivity index (χ2v) is 8.53. The highest BCUT2D eigenvalue weighted by Gasteiger charge is 2.26. The number of hydrogen-bond donors (Lipinski definition) is 1. The number of rotatable bonds is 11. The van der Waals surface area contributed by atoms with Crippen LogP contribution in [-0.4, -0.2) is 60.0 Å². The smallest absolute Gasteiger partial charge is 0.225 e. The van der Waals surface area contributed by atoms with E-state index in [2.05, 4.69) is 38.9 Å². The predicted octanol–water partition coefficient (Wildman–Crippen LogP) is 4.13. The molecular weight excluding hydrogens is 405 g/mol. The molecule has 1 amide bonds. The van der Waals surface area contributed by atoms with Crippen molar-refractivity contribution in [3.05, 3.63) is 42.5 Å². The van der Waals surface area contributed by atoms with E-state index in [-0.39, 0.29) is 17.6 Å². The maximum absolute atomic E-state index is 13.1. The van der Waals surface area contributed by atoms with Crippen molar-refractivity contribution in [1.82, 2.24) is 20.2 Å². The van der Waals surface area contributed by atoms with E-state index in [0.29, 0.717) is 5.95 Å². The van der Waals surface area contributed by atoms with Gasteiger partial charge in [0.15, 0.2) is 0 Å². The maximum atomic E-state index is 13.1. The molecule has 1 fully saturated rings. The van der Waals surface area contributed by atoms with Gasteiger partial charge < -0.3 is 15.1 Å². The lowest BCUT2D eigenvalue weighted by atomic mass is 9.96. The molecule has 0 radical (unpaired) electrons. The van der Waals surface area contributed by atoms with E-state index in [1.807, 2.05) is 0 Å². The monoisotopic (exact) mass is 441 g/mol. The van der Waals surface area contributed by atoms with Crippen molar-refractivity contribution < 1.29 is 9.18 Å². The van der Waals surface area contributed by atoms with Gasteiger partial charge in [-0.05, 0) is 69.4 Å². The third-order valence-corrected chi connectivity index (χ3v) is 5.99. The van der Waals surface area contributed by atoms with Crippen molar-refractivity contribution in [2.24, 2.45) is 5.92 Å². The molecule has 2 heterocycles. The molecule has 0 bridgehead atoms. The number of carbonyl (C=O) groups excluding carboxylic acids is 1. The van der Waals surface area contributed by atoms with Crippen molar-refractivity contribution in [2.75, 3.05) is 44.2 Å². The number of nitrogens with zero attached hydrogens (tertiary/aromatic N) is 4. The molecule has 2 aromatic rings. The fraction of sp³-hybridized carbons (Fsp3) is 0.560. The Hall–Kier alpha value is -2.54. The lowest BCUT2D eigenvalue weighted by Crippen LogP contribution is -2.41. The first-order valence-corrected chi connectivity index (χ1v) is 11.9. The summed E-state index contributed by atoms with van der Waals surface area (Å²) in [5.41, 5.74) is 1.75. The number of nitrogens with one attached hydrogen (secondary N) is 1. The molecule has 7 heteroatoms. The Balaban J connectivity index is 1.40. The van der Waals surface area contributed by atoms with Gasteiger partial charge in [0.05, 0.1) is 0 Å². The van der Waals surface area contributed by atoms with Crippen LogP contribution in [0.1, 0.15) is 46.0 Å². The van der Waals surface area contributed by atoms with E-state index in [1.165, 1.54) is 25.0 Å². The van der Waals surface area contributed by atoms with Crippen LogP contribution < -0.4 is 10.2 Å². The van der Waals surface area contributed by atoms with Crippen molar-refractivity contribution in [3.8, 4) is 11.1 Å². The van der Waals surface area contributed by atoms with E-state index < -0.39 is 0 Å². The van der Waals surface area contributed by atoms with Crippen LogP contribution >= 0.6 is 0 Å². The summed E-state index contributed by atoms with van der Waals surface area (Å²) in [6.07, 6.45) is 8.51. The zero-order valence-electron chi connectivity index (χ0n) is 19.4. The Morgan fingerprint density at radius 1 is 1.03 bits per heavy atom. The largest absolute Gasteiger partial charge is 0.356 e. The zero-order valence-corrected chi connectivity index (χ0v) is 19.4. The number of piperidine rings is 1. The lowest BCUT2D eigenvalue weighted by Gasteiger charge is -2.31. The van der Waals surface area contributed by atoms with Crippen LogP contribution in [0.5, 0.6) is 0 Å². The first-order valence-electron chi connectivity index (χ1n) is 11.9. The Morgan fingerprint density at radius 3 is 2.25 bits per heavy atom. The van der Waals surface area contributed by atoms with E-state index in [0.717, 1.165) is 69.7 Å². The SMILES string of the molecule is CCCN(CCC)CCCNC(=O)C1CCN(c2ncc(-c3ccc(F)cc3)cn2)CC1. The molecule has 0 aliphatic carbocycles. The van der Waals surface area contributed by atoms with Gasteiger partial charge in [-0.25, -0.2) is 14.4 Å². The van der Waals surface area contributed by atoms with Crippen LogP contribution in [0.3, 0.4) is 0 Å². The third kappa shape index (κ3) is 6.99. The first kappa shape index (κ1) is 24.1. The van der Waals surface area contributed by atoms with Crippen LogP contribution in [0, 0.1) is 11.7 Å². The van der Waals surface area contributed by atoms with Gasteiger partial charge in [-0.2, -0.15) is 0 Å². The maximum Gasteiger partial charge on any atom is 0.225 e.